The third-order valence-electron chi connectivity index (χ3n) is 5.98. The molecule has 0 heterocycles. The number of carbonyl (C=O) groups is 2. The van der Waals surface area contributed by atoms with E-state index in [9.17, 15) is 14.0 Å². The Bertz CT molecular complexity index is 1130. The lowest BCUT2D eigenvalue weighted by molar-refractivity contribution is -0.139. The van der Waals surface area contributed by atoms with Crippen LogP contribution < -0.4 is 5.32 Å². The summed E-state index contributed by atoms with van der Waals surface area (Å²) in [6.45, 7) is 4.28. The highest BCUT2D eigenvalue weighted by molar-refractivity contribution is 9.10. The van der Waals surface area contributed by atoms with Crippen molar-refractivity contribution < 1.29 is 14.0 Å². The van der Waals surface area contributed by atoms with E-state index in [0.29, 0.717) is 24.3 Å². The van der Waals surface area contributed by atoms with Crippen LogP contribution >= 0.6 is 27.7 Å². The number of rotatable bonds is 12. The van der Waals surface area contributed by atoms with Gasteiger partial charge in [0, 0.05) is 29.2 Å². The lowest BCUT2D eigenvalue weighted by atomic mass is 10.0. The molecule has 0 bridgehead atoms. The third-order valence-corrected chi connectivity index (χ3v) is 7.47. The maximum Gasteiger partial charge on any atom is 0.243 e. The molecule has 2 amide bonds. The van der Waals surface area contributed by atoms with E-state index in [1.165, 1.54) is 17.8 Å². The Hall–Kier alpha value is -2.64. The SMILES string of the molecule is CC[C@@H](C)NC(=O)[C@H](Cc1ccccc1)N(Cc1ccc(Br)cc1)C(=O)CSCc1ccccc1F. The average Bonchev–Trinajstić information content (AvgIpc) is 2.88. The van der Waals surface area contributed by atoms with E-state index in [1.807, 2.05) is 68.4 Å². The molecule has 1 N–H and O–H groups in total. The molecule has 0 saturated heterocycles. The monoisotopic (exact) mass is 570 g/mol. The summed E-state index contributed by atoms with van der Waals surface area (Å²) in [5.41, 5.74) is 2.47. The van der Waals surface area contributed by atoms with Crippen LogP contribution in [0.1, 0.15) is 37.0 Å². The number of benzene rings is 3. The van der Waals surface area contributed by atoms with Crippen molar-refractivity contribution in [3.63, 3.8) is 0 Å². The van der Waals surface area contributed by atoms with Gasteiger partial charge in [0.25, 0.3) is 0 Å². The zero-order valence-electron chi connectivity index (χ0n) is 20.6. The summed E-state index contributed by atoms with van der Waals surface area (Å²) in [6.07, 6.45) is 1.20. The minimum absolute atomic E-state index is 0.00385. The minimum Gasteiger partial charge on any atom is -0.352 e. The summed E-state index contributed by atoms with van der Waals surface area (Å²) in [7, 11) is 0. The number of halogens is 2. The molecule has 190 valence electrons. The van der Waals surface area contributed by atoms with Crippen molar-refractivity contribution in [2.75, 3.05) is 5.75 Å². The van der Waals surface area contributed by atoms with Crippen LogP contribution in [0.3, 0.4) is 0 Å². The highest BCUT2D eigenvalue weighted by Gasteiger charge is 2.30. The van der Waals surface area contributed by atoms with Crippen molar-refractivity contribution in [3.8, 4) is 0 Å². The number of amides is 2. The number of hydrogen-bond acceptors (Lipinski definition) is 3. The van der Waals surface area contributed by atoms with Gasteiger partial charge in [-0.15, -0.1) is 11.8 Å². The van der Waals surface area contributed by atoms with E-state index in [1.54, 1.807) is 23.1 Å². The first-order chi connectivity index (χ1) is 17.4. The molecule has 0 spiro atoms. The van der Waals surface area contributed by atoms with E-state index in [0.717, 1.165) is 22.0 Å². The van der Waals surface area contributed by atoms with Crippen LogP contribution in [-0.2, 0) is 28.3 Å². The summed E-state index contributed by atoms with van der Waals surface area (Å²) >= 11 is 4.81. The lowest BCUT2D eigenvalue weighted by Crippen LogP contribution is -2.52. The van der Waals surface area contributed by atoms with Crippen molar-refractivity contribution in [1.82, 2.24) is 10.2 Å². The molecule has 3 rings (SSSR count). The Kier molecular flexibility index (Phi) is 11.0. The van der Waals surface area contributed by atoms with Gasteiger partial charge in [-0.3, -0.25) is 9.59 Å². The van der Waals surface area contributed by atoms with Crippen molar-refractivity contribution >= 4 is 39.5 Å². The van der Waals surface area contributed by atoms with Crippen LogP contribution in [0.5, 0.6) is 0 Å². The first-order valence-electron chi connectivity index (χ1n) is 12.1. The van der Waals surface area contributed by atoms with Gasteiger partial charge in [-0.05, 0) is 48.2 Å². The quantitative estimate of drug-likeness (QED) is 0.275. The first-order valence-corrected chi connectivity index (χ1v) is 14.0. The molecule has 7 heteroatoms. The van der Waals surface area contributed by atoms with Gasteiger partial charge in [0.15, 0.2) is 0 Å². The zero-order chi connectivity index (χ0) is 25.9. The molecule has 0 saturated carbocycles. The van der Waals surface area contributed by atoms with E-state index in [-0.39, 0.29) is 29.4 Å². The molecular formula is C29H32BrFN2O2S. The second kappa shape index (κ2) is 14.2. The molecular weight excluding hydrogens is 539 g/mol. The van der Waals surface area contributed by atoms with Gasteiger partial charge in [0.05, 0.1) is 5.75 Å². The second-order valence-corrected chi connectivity index (χ2v) is 10.7. The fourth-order valence-corrected chi connectivity index (χ4v) is 4.89. The van der Waals surface area contributed by atoms with Crippen LogP contribution in [0.25, 0.3) is 0 Å². The summed E-state index contributed by atoms with van der Waals surface area (Å²) in [5, 5.41) is 3.07. The normalized spacial score (nSPS) is 12.6. The molecule has 0 aliphatic heterocycles. The van der Waals surface area contributed by atoms with Gasteiger partial charge >= 0.3 is 0 Å². The molecule has 3 aromatic carbocycles. The van der Waals surface area contributed by atoms with Crippen LogP contribution in [0, 0.1) is 5.82 Å². The highest BCUT2D eigenvalue weighted by Crippen LogP contribution is 2.20. The summed E-state index contributed by atoms with van der Waals surface area (Å²) in [6, 6.07) is 23.4. The first kappa shape index (κ1) is 27.9. The number of nitrogens with one attached hydrogen (secondary N) is 1. The Morgan fingerprint density at radius 3 is 2.31 bits per heavy atom. The van der Waals surface area contributed by atoms with Crippen molar-refractivity contribution in [2.45, 2.75) is 51.1 Å². The lowest BCUT2D eigenvalue weighted by Gasteiger charge is -2.32. The predicted molar refractivity (Wildman–Crippen MR) is 149 cm³/mol. The van der Waals surface area contributed by atoms with Gasteiger partial charge < -0.3 is 10.2 Å². The molecule has 0 aliphatic carbocycles. The molecule has 3 aromatic rings. The zero-order valence-corrected chi connectivity index (χ0v) is 23.0. The molecule has 0 aliphatic rings. The Balaban J connectivity index is 1.85. The summed E-state index contributed by atoms with van der Waals surface area (Å²) < 4.78 is 15.0. The Morgan fingerprint density at radius 2 is 1.64 bits per heavy atom. The largest absolute Gasteiger partial charge is 0.352 e. The van der Waals surface area contributed by atoms with Crippen LogP contribution in [0.4, 0.5) is 4.39 Å². The topological polar surface area (TPSA) is 49.4 Å². The minimum atomic E-state index is -0.674. The van der Waals surface area contributed by atoms with E-state index < -0.39 is 6.04 Å². The number of carbonyl (C=O) groups excluding carboxylic acids is 2. The maximum absolute atomic E-state index is 14.1. The third kappa shape index (κ3) is 8.49. The summed E-state index contributed by atoms with van der Waals surface area (Å²) in [5.74, 6) is -0.0731. The number of thioether (sulfide) groups is 1. The fourth-order valence-electron chi connectivity index (χ4n) is 3.73. The summed E-state index contributed by atoms with van der Waals surface area (Å²) in [4.78, 5) is 28.8. The number of nitrogens with zero attached hydrogens (tertiary/aromatic N) is 1. The molecule has 0 unspecified atom stereocenters. The van der Waals surface area contributed by atoms with Gasteiger partial charge in [-0.2, -0.15) is 0 Å². The molecule has 36 heavy (non-hydrogen) atoms. The molecule has 4 nitrogen and oxygen atoms in total. The van der Waals surface area contributed by atoms with Gasteiger partial charge in [0.1, 0.15) is 11.9 Å². The van der Waals surface area contributed by atoms with E-state index in [2.05, 4.69) is 21.2 Å². The van der Waals surface area contributed by atoms with Crippen LogP contribution in [0.15, 0.2) is 83.3 Å². The Labute approximate surface area is 225 Å². The predicted octanol–water partition coefficient (Wildman–Crippen LogP) is 6.38. The van der Waals surface area contributed by atoms with Crippen LogP contribution in [0.2, 0.25) is 0 Å². The number of hydrogen-bond donors (Lipinski definition) is 1. The standard InChI is InChI=1S/C29H32BrFN2O2S/c1-3-21(2)32-29(35)27(17-22-9-5-4-6-10-22)33(18-23-13-15-25(30)16-14-23)28(34)20-36-19-24-11-7-8-12-26(24)31/h4-16,21,27H,3,17-20H2,1-2H3,(H,32,35)/t21-,27+/m1/s1. The van der Waals surface area contributed by atoms with Crippen molar-refractivity contribution in [2.24, 2.45) is 0 Å². The molecule has 2 atom stereocenters. The van der Waals surface area contributed by atoms with Gasteiger partial charge in [0.2, 0.25) is 11.8 Å². The average molecular weight is 572 g/mol. The molecule has 0 aromatic heterocycles. The highest BCUT2D eigenvalue weighted by atomic mass is 79.9. The smallest absolute Gasteiger partial charge is 0.243 e. The van der Waals surface area contributed by atoms with Crippen molar-refractivity contribution in [3.05, 3.63) is 106 Å². The molecule has 0 fully saturated rings. The fraction of sp³-hybridized carbons (Fsp3) is 0.310. The van der Waals surface area contributed by atoms with Gasteiger partial charge in [-0.25, -0.2) is 4.39 Å². The molecule has 0 radical (unpaired) electrons. The van der Waals surface area contributed by atoms with E-state index >= 15 is 0 Å². The maximum atomic E-state index is 14.1. The van der Waals surface area contributed by atoms with Gasteiger partial charge in [-0.1, -0.05) is 83.5 Å². The Morgan fingerprint density at radius 1 is 0.972 bits per heavy atom. The van der Waals surface area contributed by atoms with Crippen molar-refractivity contribution in [1.29, 1.82) is 0 Å². The van der Waals surface area contributed by atoms with E-state index in [4.69, 9.17) is 0 Å². The second-order valence-electron chi connectivity index (χ2n) is 8.76. The van der Waals surface area contributed by atoms with Crippen LogP contribution in [-0.4, -0.2) is 34.6 Å².